The first kappa shape index (κ1) is 21.9. The average molecular weight is 464 g/mol. The number of rotatable bonds is 9. The van der Waals surface area contributed by atoms with Gasteiger partial charge in [0.15, 0.2) is 5.16 Å². The molecule has 0 saturated carbocycles. The van der Waals surface area contributed by atoms with Crippen LogP contribution in [0.15, 0.2) is 89.4 Å². The van der Waals surface area contributed by atoms with Crippen molar-refractivity contribution in [3.63, 3.8) is 0 Å². The van der Waals surface area contributed by atoms with Gasteiger partial charge in [0.1, 0.15) is 12.1 Å². The lowest BCUT2D eigenvalue weighted by molar-refractivity contribution is -0.113. The standard InChI is InChI=1S/C23H21N5O2S2/c1-30-20-8-6-19(7-9-20)28-16-25-27-23(28)32-15-22(29)26-18-4-10-21(11-5-18)31-14-17-3-2-12-24-13-17/h2-13,16H,14-15H2,1H3,(H,26,29). The van der Waals surface area contributed by atoms with Crippen LogP contribution >= 0.6 is 23.5 Å². The highest BCUT2D eigenvalue weighted by molar-refractivity contribution is 7.99. The fraction of sp³-hybridized carbons (Fsp3) is 0.130. The number of nitrogens with zero attached hydrogens (tertiary/aromatic N) is 4. The molecule has 0 aliphatic carbocycles. The van der Waals surface area contributed by atoms with E-state index >= 15 is 0 Å². The van der Waals surface area contributed by atoms with Gasteiger partial charge in [-0.2, -0.15) is 0 Å². The molecule has 1 N–H and O–H groups in total. The molecular weight excluding hydrogens is 442 g/mol. The van der Waals surface area contributed by atoms with Gasteiger partial charge in [0.25, 0.3) is 0 Å². The zero-order chi connectivity index (χ0) is 22.2. The van der Waals surface area contributed by atoms with E-state index < -0.39 is 0 Å². The van der Waals surface area contributed by atoms with Crippen LogP contribution in [0, 0.1) is 0 Å². The minimum Gasteiger partial charge on any atom is -0.497 e. The monoisotopic (exact) mass is 463 g/mol. The third-order valence-electron chi connectivity index (χ3n) is 4.47. The molecule has 2 aromatic heterocycles. The van der Waals surface area contributed by atoms with Gasteiger partial charge in [-0.3, -0.25) is 14.3 Å². The van der Waals surface area contributed by atoms with Gasteiger partial charge in [-0.15, -0.1) is 22.0 Å². The molecule has 2 aromatic carbocycles. The van der Waals surface area contributed by atoms with E-state index in [0.29, 0.717) is 5.16 Å². The molecule has 2 heterocycles. The maximum absolute atomic E-state index is 12.4. The number of hydrogen-bond acceptors (Lipinski definition) is 7. The van der Waals surface area contributed by atoms with E-state index in [0.717, 1.165) is 27.8 Å². The Kier molecular flexibility index (Phi) is 7.42. The van der Waals surface area contributed by atoms with Gasteiger partial charge in [-0.25, -0.2) is 0 Å². The molecule has 0 spiro atoms. The van der Waals surface area contributed by atoms with Crippen molar-refractivity contribution >= 4 is 35.1 Å². The fourth-order valence-corrected chi connectivity index (χ4v) is 4.42. The maximum Gasteiger partial charge on any atom is 0.234 e. The number of carbonyl (C=O) groups is 1. The van der Waals surface area contributed by atoms with E-state index in [1.807, 2.05) is 65.4 Å². The molecule has 0 aliphatic heterocycles. The number of hydrogen-bond donors (Lipinski definition) is 1. The lowest BCUT2D eigenvalue weighted by Gasteiger charge is -2.08. The Bertz CT molecular complexity index is 1150. The predicted molar refractivity (Wildman–Crippen MR) is 128 cm³/mol. The van der Waals surface area contributed by atoms with E-state index in [1.165, 1.54) is 17.3 Å². The highest BCUT2D eigenvalue weighted by atomic mass is 32.2. The quantitative estimate of drug-likeness (QED) is 0.361. The van der Waals surface area contributed by atoms with Crippen LogP contribution in [0.25, 0.3) is 5.69 Å². The van der Waals surface area contributed by atoms with Crippen molar-refractivity contribution in [3.05, 3.63) is 84.9 Å². The summed E-state index contributed by atoms with van der Waals surface area (Å²) < 4.78 is 7.03. The predicted octanol–water partition coefficient (Wildman–Crippen LogP) is 4.69. The van der Waals surface area contributed by atoms with E-state index in [-0.39, 0.29) is 11.7 Å². The van der Waals surface area contributed by atoms with Crippen molar-refractivity contribution in [2.45, 2.75) is 15.8 Å². The molecule has 0 unspecified atom stereocenters. The number of carbonyl (C=O) groups excluding carboxylic acids is 1. The Balaban J connectivity index is 1.28. The molecule has 0 aliphatic rings. The number of amides is 1. The molecule has 4 aromatic rings. The van der Waals surface area contributed by atoms with Crippen molar-refractivity contribution in [3.8, 4) is 11.4 Å². The number of benzene rings is 2. The summed E-state index contributed by atoms with van der Waals surface area (Å²) in [5, 5.41) is 11.7. The van der Waals surface area contributed by atoms with Crippen molar-refractivity contribution < 1.29 is 9.53 Å². The molecule has 0 saturated heterocycles. The summed E-state index contributed by atoms with van der Waals surface area (Å²) in [7, 11) is 1.63. The summed E-state index contributed by atoms with van der Waals surface area (Å²) in [4.78, 5) is 17.7. The third kappa shape index (κ3) is 5.89. The van der Waals surface area contributed by atoms with Crippen molar-refractivity contribution in [2.75, 3.05) is 18.2 Å². The number of aromatic nitrogens is 4. The van der Waals surface area contributed by atoms with E-state index in [1.54, 1.807) is 31.4 Å². The molecule has 7 nitrogen and oxygen atoms in total. The molecule has 0 fully saturated rings. The van der Waals surface area contributed by atoms with Gasteiger partial charge in [0.05, 0.1) is 12.9 Å². The summed E-state index contributed by atoms with van der Waals surface area (Å²) in [6, 6.07) is 19.4. The van der Waals surface area contributed by atoms with Crippen molar-refractivity contribution in [2.24, 2.45) is 0 Å². The van der Waals surface area contributed by atoms with Gasteiger partial charge in [0, 0.05) is 34.4 Å². The second-order valence-corrected chi connectivity index (χ2v) is 8.68. The van der Waals surface area contributed by atoms with Crippen molar-refractivity contribution in [1.82, 2.24) is 19.7 Å². The summed E-state index contributed by atoms with van der Waals surface area (Å²) in [5.41, 5.74) is 2.84. The van der Waals surface area contributed by atoms with Gasteiger partial charge >= 0.3 is 0 Å². The summed E-state index contributed by atoms with van der Waals surface area (Å²) in [6.45, 7) is 0. The minimum atomic E-state index is -0.102. The third-order valence-corrected chi connectivity index (χ3v) is 6.49. The highest BCUT2D eigenvalue weighted by Gasteiger charge is 2.11. The van der Waals surface area contributed by atoms with E-state index in [9.17, 15) is 4.79 Å². The van der Waals surface area contributed by atoms with Crippen LogP contribution in [-0.2, 0) is 10.5 Å². The number of anilines is 1. The highest BCUT2D eigenvalue weighted by Crippen LogP contribution is 2.25. The summed E-state index contributed by atoms with van der Waals surface area (Å²) in [6.07, 6.45) is 5.27. The lowest BCUT2D eigenvalue weighted by atomic mass is 10.3. The molecule has 0 atom stereocenters. The zero-order valence-corrected chi connectivity index (χ0v) is 19.0. The van der Waals surface area contributed by atoms with Gasteiger partial charge in [0.2, 0.25) is 5.91 Å². The topological polar surface area (TPSA) is 81.9 Å². The number of pyridine rings is 1. The Morgan fingerprint density at radius 1 is 1.06 bits per heavy atom. The largest absolute Gasteiger partial charge is 0.497 e. The van der Waals surface area contributed by atoms with Crippen LogP contribution in [0.4, 0.5) is 5.69 Å². The van der Waals surface area contributed by atoms with Crippen LogP contribution in [0.5, 0.6) is 5.75 Å². The Labute approximate surface area is 194 Å². The van der Waals surface area contributed by atoms with Crippen LogP contribution < -0.4 is 10.1 Å². The number of nitrogens with one attached hydrogen (secondary N) is 1. The number of ether oxygens (including phenoxy) is 1. The van der Waals surface area contributed by atoms with E-state index in [4.69, 9.17) is 4.74 Å². The second kappa shape index (κ2) is 10.8. The normalized spacial score (nSPS) is 10.7. The molecule has 9 heteroatoms. The summed E-state index contributed by atoms with van der Waals surface area (Å²) >= 11 is 3.06. The molecule has 0 bridgehead atoms. The zero-order valence-electron chi connectivity index (χ0n) is 17.3. The van der Waals surface area contributed by atoms with Gasteiger partial charge in [-0.1, -0.05) is 17.8 Å². The Morgan fingerprint density at radius 2 is 1.88 bits per heavy atom. The number of thioether (sulfide) groups is 2. The van der Waals surface area contributed by atoms with Crippen LogP contribution in [-0.4, -0.2) is 38.5 Å². The first-order chi connectivity index (χ1) is 15.7. The van der Waals surface area contributed by atoms with E-state index in [2.05, 4.69) is 26.6 Å². The molecule has 32 heavy (non-hydrogen) atoms. The molecule has 4 rings (SSSR count). The average Bonchev–Trinajstić information content (AvgIpc) is 3.32. The number of methoxy groups -OCH3 is 1. The minimum absolute atomic E-state index is 0.102. The summed E-state index contributed by atoms with van der Waals surface area (Å²) in [5.74, 6) is 1.75. The first-order valence-electron chi connectivity index (χ1n) is 9.80. The molecule has 162 valence electrons. The van der Waals surface area contributed by atoms with Gasteiger partial charge < -0.3 is 10.1 Å². The van der Waals surface area contributed by atoms with Crippen LogP contribution in [0.3, 0.4) is 0 Å². The Hall–Kier alpha value is -3.30. The lowest BCUT2D eigenvalue weighted by Crippen LogP contribution is -2.14. The Morgan fingerprint density at radius 3 is 2.59 bits per heavy atom. The SMILES string of the molecule is COc1ccc(-n2cnnc2SCC(=O)Nc2ccc(SCc3cccnc3)cc2)cc1. The molecule has 1 amide bonds. The first-order valence-corrected chi connectivity index (χ1v) is 11.8. The maximum atomic E-state index is 12.4. The molecule has 0 radical (unpaired) electrons. The smallest absolute Gasteiger partial charge is 0.234 e. The van der Waals surface area contributed by atoms with Crippen molar-refractivity contribution in [1.29, 1.82) is 0 Å². The second-order valence-electron chi connectivity index (χ2n) is 6.69. The van der Waals surface area contributed by atoms with Crippen LogP contribution in [0.1, 0.15) is 5.56 Å². The van der Waals surface area contributed by atoms with Gasteiger partial charge in [-0.05, 0) is 60.2 Å². The fourth-order valence-electron chi connectivity index (χ4n) is 2.85. The van der Waals surface area contributed by atoms with Crippen LogP contribution in [0.2, 0.25) is 0 Å². The molecular formula is C23H21N5O2S2.